The highest BCUT2D eigenvalue weighted by atomic mass is 15.1. The van der Waals surface area contributed by atoms with E-state index >= 15 is 0 Å². The molecule has 1 nitrogen and oxygen atoms in total. The summed E-state index contributed by atoms with van der Waals surface area (Å²) in [7, 11) is 0. The Morgan fingerprint density at radius 2 is 1.06 bits per heavy atom. The molecule has 9 aromatic carbocycles. The highest BCUT2D eigenvalue weighted by Gasteiger charge is 2.46. The van der Waals surface area contributed by atoms with Crippen molar-refractivity contribution < 1.29 is 0 Å². The zero-order valence-electron chi connectivity index (χ0n) is 35.7. The summed E-state index contributed by atoms with van der Waals surface area (Å²) in [6.07, 6.45) is 13.4. The molecular formula is C62H47N. The predicted octanol–water partition coefficient (Wildman–Crippen LogP) is 16.4. The van der Waals surface area contributed by atoms with Gasteiger partial charge in [-0.15, -0.1) is 0 Å². The third kappa shape index (κ3) is 5.91. The fraction of sp³-hybridized carbons (Fsp3) is 0.0968. The number of nitrogens with zero attached hydrogens (tertiary/aromatic N) is 1. The summed E-state index contributed by atoms with van der Waals surface area (Å²) in [6.45, 7) is 4.77. The van der Waals surface area contributed by atoms with Gasteiger partial charge in [0, 0.05) is 22.4 Å². The maximum Gasteiger partial charge on any atom is 0.0543 e. The lowest BCUT2D eigenvalue weighted by Crippen LogP contribution is -2.30. The zero-order chi connectivity index (χ0) is 42.1. The lowest BCUT2D eigenvalue weighted by molar-refractivity contribution is 0.628. The molecule has 1 unspecified atom stereocenters. The summed E-state index contributed by atoms with van der Waals surface area (Å²) in [5, 5.41) is 4.92. The Morgan fingerprint density at radius 3 is 1.86 bits per heavy atom. The van der Waals surface area contributed by atoms with Crippen molar-refractivity contribution in [2.24, 2.45) is 0 Å². The molecule has 0 saturated heterocycles. The van der Waals surface area contributed by atoms with E-state index in [0.29, 0.717) is 0 Å². The number of fused-ring (bicyclic) bond motifs is 8. The first kappa shape index (κ1) is 37.3. The summed E-state index contributed by atoms with van der Waals surface area (Å²) in [5.74, 6) is 0. The molecule has 300 valence electrons. The van der Waals surface area contributed by atoms with E-state index in [-0.39, 0.29) is 5.41 Å². The molecule has 1 heteroatoms. The van der Waals surface area contributed by atoms with Gasteiger partial charge in [0.05, 0.1) is 11.1 Å². The van der Waals surface area contributed by atoms with Crippen LogP contribution in [0.4, 0.5) is 17.1 Å². The van der Waals surface area contributed by atoms with Crippen LogP contribution in [0.2, 0.25) is 0 Å². The fourth-order valence-electron chi connectivity index (χ4n) is 11.1. The Labute approximate surface area is 370 Å². The van der Waals surface area contributed by atoms with Crippen LogP contribution < -0.4 is 4.90 Å². The van der Waals surface area contributed by atoms with Crippen molar-refractivity contribution in [1.82, 2.24) is 0 Å². The lowest BCUT2D eigenvalue weighted by atomic mass is 9.67. The third-order valence-corrected chi connectivity index (χ3v) is 14.2. The second kappa shape index (κ2) is 14.6. The Morgan fingerprint density at radius 1 is 0.444 bits per heavy atom. The van der Waals surface area contributed by atoms with E-state index in [2.05, 4.69) is 243 Å². The molecule has 9 aromatic rings. The number of hydrogen-bond acceptors (Lipinski definition) is 1. The van der Waals surface area contributed by atoms with Crippen LogP contribution >= 0.6 is 0 Å². The normalized spacial score (nSPS) is 16.6. The molecule has 3 aliphatic rings. The minimum absolute atomic E-state index is 0.158. The van der Waals surface area contributed by atoms with E-state index in [1.165, 1.54) is 88.3 Å². The number of benzene rings is 9. The largest absolute Gasteiger partial charge is 0.310 e. The van der Waals surface area contributed by atoms with Gasteiger partial charge in [0.15, 0.2) is 0 Å². The van der Waals surface area contributed by atoms with Gasteiger partial charge in [-0.25, -0.2) is 0 Å². The second-order valence-electron chi connectivity index (χ2n) is 18.0. The predicted molar refractivity (Wildman–Crippen MR) is 266 cm³/mol. The Kier molecular flexibility index (Phi) is 8.63. The van der Waals surface area contributed by atoms with E-state index in [4.69, 9.17) is 0 Å². The smallest absolute Gasteiger partial charge is 0.0543 e. The van der Waals surface area contributed by atoms with Crippen LogP contribution in [0.25, 0.3) is 54.9 Å². The highest BCUT2D eigenvalue weighted by molar-refractivity contribution is 6.00. The molecule has 0 aliphatic heterocycles. The zero-order valence-corrected chi connectivity index (χ0v) is 35.7. The maximum atomic E-state index is 2.58. The first-order valence-corrected chi connectivity index (χ1v) is 22.4. The molecule has 0 amide bonds. The second-order valence-corrected chi connectivity index (χ2v) is 18.0. The SMILES string of the molecule is CC1(C)c2ccccc2-c2ccc(N(c3ccc4ccccc4c3)c3cc4c(cc3-c3ccc5ccccc5c3)-c3ccccc3C4(Cc3ccccc3)C3=CC=CCC=C3)cc21. The summed E-state index contributed by atoms with van der Waals surface area (Å²) in [5.41, 5.74) is 18.5. The monoisotopic (exact) mass is 805 g/mol. The van der Waals surface area contributed by atoms with Crippen LogP contribution in [0.15, 0.2) is 230 Å². The van der Waals surface area contributed by atoms with Crippen LogP contribution in [0.5, 0.6) is 0 Å². The standard InChI is InChI=1S/C62H47N/c1-61(2)56-28-16-14-26-51(56)53-35-34-50(38-58(53)61)63(49-33-32-44-21-11-13-23-46(44)37-49)60-40-59-55(39-54(60)47-31-30-43-20-10-12-22-45(43)36-47)52-27-15-17-29-57(52)62(59,41-42-18-6-5-7-19-42)48-24-8-3-4-9-25-48/h3,5-40H,4,41H2,1-2H3. The van der Waals surface area contributed by atoms with Crippen molar-refractivity contribution in [3.63, 3.8) is 0 Å². The van der Waals surface area contributed by atoms with E-state index < -0.39 is 5.41 Å². The van der Waals surface area contributed by atoms with Gasteiger partial charge in [0.2, 0.25) is 0 Å². The molecule has 0 saturated carbocycles. The minimum atomic E-state index is -0.453. The molecular weight excluding hydrogens is 759 g/mol. The van der Waals surface area contributed by atoms with Crippen molar-refractivity contribution in [2.45, 2.75) is 37.5 Å². The van der Waals surface area contributed by atoms with Crippen LogP contribution in [0, 0.1) is 0 Å². The van der Waals surface area contributed by atoms with Crippen molar-refractivity contribution in [3.05, 3.63) is 258 Å². The minimum Gasteiger partial charge on any atom is -0.310 e. The fourth-order valence-corrected chi connectivity index (χ4v) is 11.1. The maximum absolute atomic E-state index is 2.58. The Bertz CT molecular complexity index is 3380. The summed E-state index contributed by atoms with van der Waals surface area (Å²) >= 11 is 0. The van der Waals surface area contributed by atoms with E-state index in [9.17, 15) is 0 Å². The summed E-state index contributed by atoms with van der Waals surface area (Å²) in [4.78, 5) is 2.56. The molecule has 0 fully saturated rings. The van der Waals surface area contributed by atoms with Crippen LogP contribution in [-0.4, -0.2) is 0 Å². The average Bonchev–Trinajstić information content (AvgIpc) is 3.52. The van der Waals surface area contributed by atoms with Crippen LogP contribution in [0.1, 0.15) is 48.1 Å². The Hall–Kier alpha value is -7.48. The van der Waals surface area contributed by atoms with Crippen molar-refractivity contribution in [2.75, 3.05) is 4.90 Å². The number of anilines is 3. The van der Waals surface area contributed by atoms with Gasteiger partial charge in [-0.1, -0.05) is 196 Å². The lowest BCUT2D eigenvalue weighted by Gasteiger charge is -2.36. The molecule has 0 bridgehead atoms. The van der Waals surface area contributed by atoms with Crippen LogP contribution in [-0.2, 0) is 17.3 Å². The quantitative estimate of drug-likeness (QED) is 0.155. The number of allylic oxidation sites excluding steroid dienone is 6. The van der Waals surface area contributed by atoms with Gasteiger partial charge in [-0.05, 0) is 138 Å². The first-order valence-electron chi connectivity index (χ1n) is 22.4. The van der Waals surface area contributed by atoms with Crippen molar-refractivity contribution >= 4 is 38.6 Å². The molecule has 0 heterocycles. The topological polar surface area (TPSA) is 3.24 Å². The van der Waals surface area contributed by atoms with Gasteiger partial charge in [-0.2, -0.15) is 0 Å². The Balaban J connectivity index is 1.20. The van der Waals surface area contributed by atoms with Crippen molar-refractivity contribution in [1.29, 1.82) is 0 Å². The molecule has 0 spiro atoms. The average molecular weight is 806 g/mol. The molecule has 63 heavy (non-hydrogen) atoms. The molecule has 1 atom stereocenters. The van der Waals surface area contributed by atoms with E-state index in [0.717, 1.165) is 29.9 Å². The van der Waals surface area contributed by atoms with Crippen molar-refractivity contribution in [3.8, 4) is 33.4 Å². The van der Waals surface area contributed by atoms with Gasteiger partial charge < -0.3 is 4.90 Å². The summed E-state index contributed by atoms with van der Waals surface area (Å²) < 4.78 is 0. The van der Waals surface area contributed by atoms with E-state index in [1.54, 1.807) is 0 Å². The molecule has 0 N–H and O–H groups in total. The van der Waals surface area contributed by atoms with Crippen LogP contribution in [0.3, 0.4) is 0 Å². The van der Waals surface area contributed by atoms with E-state index in [1.807, 2.05) is 0 Å². The molecule has 3 aliphatic carbocycles. The first-order chi connectivity index (χ1) is 31.0. The number of rotatable bonds is 7. The molecule has 0 aromatic heterocycles. The van der Waals surface area contributed by atoms with Gasteiger partial charge in [0.25, 0.3) is 0 Å². The van der Waals surface area contributed by atoms with Gasteiger partial charge >= 0.3 is 0 Å². The van der Waals surface area contributed by atoms with Gasteiger partial charge in [0.1, 0.15) is 0 Å². The molecule has 12 rings (SSSR count). The highest BCUT2D eigenvalue weighted by Crippen LogP contribution is 2.59. The van der Waals surface area contributed by atoms with Gasteiger partial charge in [-0.3, -0.25) is 0 Å². The third-order valence-electron chi connectivity index (χ3n) is 14.2. The molecule has 0 radical (unpaired) electrons. The number of hydrogen-bond donors (Lipinski definition) is 0. The summed E-state index contributed by atoms with van der Waals surface area (Å²) in [6, 6.07) is 73.0.